The number of carbonyl (C=O) groups is 4. The van der Waals surface area contributed by atoms with Crippen LogP contribution in [0.1, 0.15) is 5.56 Å². The fourth-order valence-corrected chi connectivity index (χ4v) is 3.52. The molecule has 0 unspecified atom stereocenters. The van der Waals surface area contributed by atoms with Gasteiger partial charge in [-0.15, -0.1) is 0 Å². The van der Waals surface area contributed by atoms with Crippen LogP contribution in [0.15, 0.2) is 52.8 Å². The number of hydrogen-bond donors (Lipinski definition) is 0. The van der Waals surface area contributed by atoms with Gasteiger partial charge in [0.15, 0.2) is 6.04 Å². The first-order valence-electron chi connectivity index (χ1n) is 8.79. The monoisotopic (exact) mass is 413 g/mol. The van der Waals surface area contributed by atoms with Crippen molar-refractivity contribution >= 4 is 35.6 Å². The fraction of sp³-hybridized carbons (Fsp3) is 0.238. The molecule has 0 amide bonds. The third-order valence-corrected chi connectivity index (χ3v) is 4.79. The molecule has 30 heavy (non-hydrogen) atoms. The highest BCUT2D eigenvalue weighted by atomic mass is 16.5. The molecule has 0 saturated carbocycles. The van der Waals surface area contributed by atoms with Gasteiger partial charge in [0.1, 0.15) is 0 Å². The van der Waals surface area contributed by atoms with Crippen molar-refractivity contribution in [1.29, 1.82) is 0 Å². The highest BCUT2D eigenvalue weighted by molar-refractivity contribution is 6.17. The maximum absolute atomic E-state index is 12.8. The lowest BCUT2D eigenvalue weighted by molar-refractivity contribution is -0.145. The minimum Gasteiger partial charge on any atom is -0.467 e. The summed E-state index contributed by atoms with van der Waals surface area (Å²) in [6.07, 6.45) is 3.28. The lowest BCUT2D eigenvalue weighted by Gasteiger charge is -2.40. The Morgan fingerprint density at radius 1 is 0.767 bits per heavy atom. The zero-order chi connectivity index (χ0) is 22.0. The molecule has 0 radical (unpaired) electrons. The van der Waals surface area contributed by atoms with E-state index < -0.39 is 35.5 Å². The third-order valence-electron chi connectivity index (χ3n) is 4.79. The number of nitrogens with zero attached hydrogens (tertiary/aromatic N) is 1. The highest BCUT2D eigenvalue weighted by Gasteiger charge is 2.48. The zero-order valence-corrected chi connectivity index (χ0v) is 16.8. The Hall–Kier alpha value is -3.88. The van der Waals surface area contributed by atoms with Crippen LogP contribution in [0.2, 0.25) is 0 Å². The van der Waals surface area contributed by atoms with Crippen LogP contribution in [-0.2, 0) is 38.1 Å². The van der Waals surface area contributed by atoms with E-state index in [1.165, 1.54) is 4.90 Å². The molecule has 0 saturated heterocycles. The van der Waals surface area contributed by atoms with E-state index in [1.807, 2.05) is 0 Å². The standard InChI is InChI=1S/C21H19NO8/c1-27-18(23)14-13-10-9-11-7-5-6-8-12(11)22(13)17(21(26)30-4)16(20(25)29-3)15(14)19(24)28-2/h5-10,17H,1-4H3/t17-/m0/s1. The van der Waals surface area contributed by atoms with E-state index in [0.29, 0.717) is 5.69 Å². The second-order valence-corrected chi connectivity index (χ2v) is 6.21. The van der Waals surface area contributed by atoms with Crippen molar-refractivity contribution < 1.29 is 38.1 Å². The summed E-state index contributed by atoms with van der Waals surface area (Å²) >= 11 is 0. The molecule has 9 heteroatoms. The van der Waals surface area contributed by atoms with Gasteiger partial charge < -0.3 is 23.8 Å². The first-order chi connectivity index (χ1) is 14.4. The Morgan fingerprint density at radius 2 is 1.37 bits per heavy atom. The van der Waals surface area contributed by atoms with Crippen molar-refractivity contribution in [2.75, 3.05) is 33.3 Å². The quantitative estimate of drug-likeness (QED) is 0.530. The van der Waals surface area contributed by atoms with Gasteiger partial charge in [-0.05, 0) is 17.7 Å². The Kier molecular flexibility index (Phi) is 5.72. The number of esters is 4. The van der Waals surface area contributed by atoms with Gasteiger partial charge in [-0.3, -0.25) is 0 Å². The van der Waals surface area contributed by atoms with Crippen LogP contribution in [0.5, 0.6) is 0 Å². The van der Waals surface area contributed by atoms with Gasteiger partial charge in [0.05, 0.1) is 50.9 Å². The van der Waals surface area contributed by atoms with Crippen molar-refractivity contribution in [2.45, 2.75) is 6.04 Å². The summed E-state index contributed by atoms with van der Waals surface area (Å²) in [6.45, 7) is 0. The van der Waals surface area contributed by atoms with Crippen LogP contribution in [0.3, 0.4) is 0 Å². The van der Waals surface area contributed by atoms with Gasteiger partial charge in [-0.2, -0.15) is 0 Å². The minimum absolute atomic E-state index is 0.184. The van der Waals surface area contributed by atoms with Crippen LogP contribution in [-0.4, -0.2) is 58.4 Å². The van der Waals surface area contributed by atoms with E-state index in [0.717, 1.165) is 34.0 Å². The number of para-hydroxylation sites is 1. The number of allylic oxidation sites excluding steroid dienone is 1. The van der Waals surface area contributed by atoms with Crippen molar-refractivity contribution in [3.8, 4) is 0 Å². The predicted molar refractivity (Wildman–Crippen MR) is 104 cm³/mol. The SMILES string of the molecule is COC(=O)C1=C(C(=O)OC)[C@@H](C(=O)OC)N2C(=C1C(=O)OC)C=Cc1ccccc12. The summed E-state index contributed by atoms with van der Waals surface area (Å²) in [4.78, 5) is 52.4. The summed E-state index contributed by atoms with van der Waals surface area (Å²) < 4.78 is 19.4. The number of methoxy groups -OCH3 is 4. The molecule has 1 aromatic rings. The predicted octanol–water partition coefficient (Wildman–Crippen LogP) is 1.14. The molecule has 0 aromatic heterocycles. The lowest BCUT2D eigenvalue weighted by Crippen LogP contribution is -2.50. The van der Waals surface area contributed by atoms with E-state index >= 15 is 0 Å². The van der Waals surface area contributed by atoms with E-state index in [4.69, 9.17) is 18.9 Å². The zero-order valence-electron chi connectivity index (χ0n) is 16.8. The third kappa shape index (κ3) is 3.14. The molecule has 3 rings (SSSR count). The van der Waals surface area contributed by atoms with Crippen molar-refractivity contribution in [3.63, 3.8) is 0 Å². The average molecular weight is 413 g/mol. The number of fused-ring (bicyclic) bond motifs is 3. The van der Waals surface area contributed by atoms with Gasteiger partial charge in [0, 0.05) is 5.69 Å². The molecular weight excluding hydrogens is 394 g/mol. The van der Waals surface area contributed by atoms with E-state index in [2.05, 4.69) is 0 Å². The first-order valence-corrected chi connectivity index (χ1v) is 8.79. The molecule has 0 bridgehead atoms. The summed E-state index contributed by atoms with van der Waals surface area (Å²) in [5.41, 5.74) is 0.411. The molecule has 2 aliphatic heterocycles. The van der Waals surface area contributed by atoms with Crippen molar-refractivity contribution in [3.05, 3.63) is 58.3 Å². The van der Waals surface area contributed by atoms with Crippen LogP contribution in [0.4, 0.5) is 5.69 Å². The number of rotatable bonds is 4. The number of anilines is 1. The molecule has 0 fully saturated rings. The average Bonchev–Trinajstić information content (AvgIpc) is 2.79. The molecule has 1 atom stereocenters. The number of carbonyl (C=O) groups excluding carboxylic acids is 4. The second kappa shape index (κ2) is 8.24. The minimum atomic E-state index is -1.40. The van der Waals surface area contributed by atoms with Gasteiger partial charge in [-0.25, -0.2) is 19.2 Å². The second-order valence-electron chi connectivity index (χ2n) is 6.21. The Morgan fingerprint density at radius 3 is 1.97 bits per heavy atom. The number of ether oxygens (including phenoxy) is 4. The first kappa shape index (κ1) is 20.8. The normalized spacial score (nSPS) is 17.1. The van der Waals surface area contributed by atoms with Crippen molar-refractivity contribution in [2.24, 2.45) is 0 Å². The van der Waals surface area contributed by atoms with Gasteiger partial charge in [0.25, 0.3) is 0 Å². The van der Waals surface area contributed by atoms with Crippen LogP contribution >= 0.6 is 0 Å². The molecule has 0 spiro atoms. The number of hydrogen-bond acceptors (Lipinski definition) is 9. The molecule has 0 N–H and O–H groups in total. The van der Waals surface area contributed by atoms with Crippen LogP contribution < -0.4 is 4.90 Å². The maximum Gasteiger partial charge on any atom is 0.340 e. The molecular formula is C21H19NO8. The summed E-state index contributed by atoms with van der Waals surface area (Å²) in [5, 5.41) is 0. The fourth-order valence-electron chi connectivity index (χ4n) is 3.52. The number of benzene rings is 1. The molecule has 1 aromatic carbocycles. The Bertz CT molecular complexity index is 1030. The summed E-state index contributed by atoms with van der Waals surface area (Å²) in [5.74, 6) is -3.70. The maximum atomic E-state index is 12.8. The van der Waals surface area contributed by atoms with Crippen LogP contribution in [0.25, 0.3) is 6.08 Å². The topological polar surface area (TPSA) is 108 Å². The van der Waals surface area contributed by atoms with Gasteiger partial charge in [-0.1, -0.05) is 24.3 Å². The summed E-state index contributed by atoms with van der Waals surface area (Å²) in [7, 11) is 4.48. The molecule has 2 heterocycles. The molecule has 0 aliphatic carbocycles. The van der Waals surface area contributed by atoms with Crippen LogP contribution in [0, 0.1) is 0 Å². The largest absolute Gasteiger partial charge is 0.467 e. The molecule has 2 aliphatic rings. The molecule has 156 valence electrons. The van der Waals surface area contributed by atoms with Gasteiger partial charge >= 0.3 is 23.9 Å². The van der Waals surface area contributed by atoms with Crippen molar-refractivity contribution in [1.82, 2.24) is 0 Å². The smallest absolute Gasteiger partial charge is 0.340 e. The Labute approximate surface area is 172 Å². The lowest BCUT2D eigenvalue weighted by atomic mass is 9.85. The van der Waals surface area contributed by atoms with E-state index in [1.54, 1.807) is 36.4 Å². The van der Waals surface area contributed by atoms with Gasteiger partial charge in [0.2, 0.25) is 0 Å². The highest BCUT2D eigenvalue weighted by Crippen LogP contribution is 2.42. The Balaban J connectivity index is 2.47. The van der Waals surface area contributed by atoms with E-state index in [-0.39, 0.29) is 16.8 Å². The summed E-state index contributed by atoms with van der Waals surface area (Å²) in [6, 6.07) is 5.64. The molecule has 9 nitrogen and oxygen atoms in total. The van der Waals surface area contributed by atoms with E-state index in [9.17, 15) is 19.2 Å².